The number of aliphatic hydroxyl groups excluding tert-OH is 1. The molecule has 4 aliphatic heterocycles. The molecule has 5 rings (SSSR count). The number of H-pyrrole nitrogens is 1. The second-order valence-corrected chi connectivity index (χ2v) is 15.7. The van der Waals surface area contributed by atoms with Crippen molar-refractivity contribution in [2.24, 2.45) is 22.2 Å². The first-order valence-electron chi connectivity index (χ1n) is 18.7. The van der Waals surface area contributed by atoms with Crippen LogP contribution in [0.3, 0.4) is 0 Å². The van der Waals surface area contributed by atoms with Gasteiger partial charge in [0.25, 0.3) is 0 Å². The van der Waals surface area contributed by atoms with Crippen molar-refractivity contribution < 1.29 is 47.9 Å². The third kappa shape index (κ3) is 9.39. The molecule has 1 aromatic rings. The van der Waals surface area contributed by atoms with Crippen LogP contribution < -0.4 is 0 Å². The number of carbonyl (C=O) groups excluding carboxylic acids is 3. The Morgan fingerprint density at radius 3 is 2.60 bits per heavy atom. The fourth-order valence-electron chi connectivity index (χ4n) is 7.15. The van der Waals surface area contributed by atoms with Gasteiger partial charge in [-0.15, -0.1) is 0 Å². The summed E-state index contributed by atoms with van der Waals surface area (Å²) in [6, 6.07) is 3.32. The zero-order valence-corrected chi connectivity index (χ0v) is 32.4. The molecule has 4 aliphatic rings. The first kappa shape index (κ1) is 40.2. The fraction of sp³-hybridized carbons (Fsp3) is 0.610. The first-order chi connectivity index (χ1) is 25.2. The van der Waals surface area contributed by atoms with Gasteiger partial charge in [0.05, 0.1) is 19.3 Å². The smallest absolute Gasteiger partial charge is 0.334 e. The van der Waals surface area contributed by atoms with Gasteiger partial charge < -0.3 is 38.5 Å². The molecule has 12 nitrogen and oxygen atoms in total. The quantitative estimate of drug-likeness (QED) is 0.136. The van der Waals surface area contributed by atoms with E-state index in [1.54, 1.807) is 14.0 Å². The van der Waals surface area contributed by atoms with Crippen molar-refractivity contribution in [3.63, 3.8) is 0 Å². The Bertz CT molecular complexity index is 1680. The number of aliphatic hydroxyl groups is 1. The molecule has 0 aromatic carbocycles. The van der Waals surface area contributed by atoms with Crippen molar-refractivity contribution in [3.8, 4) is 0 Å². The first-order valence-corrected chi connectivity index (χ1v) is 18.7. The van der Waals surface area contributed by atoms with E-state index in [0.29, 0.717) is 42.7 Å². The largest absolute Gasteiger partial charge is 0.467 e. The Morgan fingerprint density at radius 1 is 1.13 bits per heavy atom. The highest BCUT2D eigenvalue weighted by atomic mass is 16.6. The van der Waals surface area contributed by atoms with Crippen LogP contribution in [0.1, 0.15) is 85.5 Å². The number of aliphatic imine (C=N–C) groups is 1. The maximum absolute atomic E-state index is 13.7. The molecule has 0 radical (unpaired) electrons. The molecule has 4 bridgehead atoms. The number of methoxy groups -OCH3 is 1. The molecule has 0 aliphatic carbocycles. The molecule has 290 valence electrons. The van der Waals surface area contributed by atoms with Crippen LogP contribution in [0.15, 0.2) is 63.2 Å². The van der Waals surface area contributed by atoms with Crippen molar-refractivity contribution >= 4 is 23.8 Å². The maximum atomic E-state index is 13.7. The van der Waals surface area contributed by atoms with E-state index < -0.39 is 54.3 Å². The number of cyclic esters (lactones) is 1. The molecule has 0 spiro atoms. The summed E-state index contributed by atoms with van der Waals surface area (Å²) in [5.41, 5.74) is 4.28. The number of nitrogens with zero attached hydrogens (tertiary/aromatic N) is 1. The van der Waals surface area contributed by atoms with Gasteiger partial charge in [-0.25, -0.2) is 14.6 Å². The monoisotopic (exact) mass is 736 g/mol. The number of esters is 3. The van der Waals surface area contributed by atoms with E-state index in [2.05, 4.69) is 31.8 Å². The molecule has 12 heteroatoms. The number of allylic oxidation sites excluding steroid dienone is 2. The predicted molar refractivity (Wildman–Crippen MR) is 198 cm³/mol. The average Bonchev–Trinajstić information content (AvgIpc) is 3.89. The van der Waals surface area contributed by atoms with Crippen molar-refractivity contribution in [1.82, 2.24) is 4.98 Å². The Hall–Kier alpha value is -4.00. The van der Waals surface area contributed by atoms with Crippen LogP contribution in [-0.2, 0) is 49.2 Å². The van der Waals surface area contributed by atoms with E-state index in [4.69, 9.17) is 33.4 Å². The maximum Gasteiger partial charge on any atom is 0.334 e. The van der Waals surface area contributed by atoms with Gasteiger partial charge in [0.15, 0.2) is 18.3 Å². The summed E-state index contributed by atoms with van der Waals surface area (Å²) in [6.07, 6.45) is 5.63. The Morgan fingerprint density at radius 2 is 1.91 bits per heavy atom. The normalized spacial score (nSPS) is 31.8. The van der Waals surface area contributed by atoms with Crippen LogP contribution in [-0.4, -0.2) is 97.9 Å². The second-order valence-electron chi connectivity index (χ2n) is 15.7. The third-order valence-corrected chi connectivity index (χ3v) is 10.3. The van der Waals surface area contributed by atoms with Crippen LogP contribution in [0.5, 0.6) is 0 Å². The molecule has 5 heterocycles. The van der Waals surface area contributed by atoms with Gasteiger partial charge in [-0.05, 0) is 93.2 Å². The minimum absolute atomic E-state index is 0.00583. The zero-order chi connectivity index (χ0) is 38.4. The number of carbonyl (C=O) groups is 3. The molecule has 2 fully saturated rings. The minimum Gasteiger partial charge on any atom is -0.467 e. The fourth-order valence-corrected chi connectivity index (χ4v) is 7.15. The van der Waals surface area contributed by atoms with E-state index in [1.165, 1.54) is 12.5 Å². The van der Waals surface area contributed by atoms with Gasteiger partial charge in [0.1, 0.15) is 23.8 Å². The summed E-state index contributed by atoms with van der Waals surface area (Å²) in [6.45, 7) is 14.1. The summed E-state index contributed by atoms with van der Waals surface area (Å²) in [5, 5.41) is 10.2. The summed E-state index contributed by atoms with van der Waals surface area (Å²) in [4.78, 5) is 48.5. The molecular weight excluding hydrogens is 680 g/mol. The highest BCUT2D eigenvalue weighted by Gasteiger charge is 2.57. The van der Waals surface area contributed by atoms with Gasteiger partial charge >= 0.3 is 17.9 Å². The summed E-state index contributed by atoms with van der Waals surface area (Å²) < 4.78 is 35.5. The molecule has 6 atom stereocenters. The van der Waals surface area contributed by atoms with Gasteiger partial charge in [-0.1, -0.05) is 39.3 Å². The number of hydrogen-bond acceptors (Lipinski definition) is 11. The lowest BCUT2D eigenvalue weighted by atomic mass is 9.83. The molecule has 0 saturated carbocycles. The van der Waals surface area contributed by atoms with E-state index in [1.807, 2.05) is 32.1 Å². The average molecular weight is 737 g/mol. The standard InChI is InChI=1S/C41H56N2O10/c1-23(2)16-27-18-35(45)52-37-36(53-40(47)41(37,7)22-44)26(6)11-12-28-13-14-31(42-28)38-43-32(34(51-38)21-50-39(27)46)19-29-30(25(5)10-9-15-48-8)20-49-33(29)17-24(3)4/h11,13-14,18-19,23-24,32-34,36-37,42,44H,9-10,12,15-17,20-22H2,1-8H3/b26-11+,27-18+,29-19-,30-25+/t32-,33+,34?,36+,37+,41+/m1/s1. The van der Waals surface area contributed by atoms with Gasteiger partial charge in [0.2, 0.25) is 5.90 Å². The Labute approximate surface area is 312 Å². The molecule has 0 amide bonds. The summed E-state index contributed by atoms with van der Waals surface area (Å²) in [7, 11) is 1.71. The highest BCUT2D eigenvalue weighted by molar-refractivity contribution is 5.97. The number of fused-ring (bicyclic) bond motifs is 6. The van der Waals surface area contributed by atoms with Crippen molar-refractivity contribution in [2.45, 2.75) is 111 Å². The zero-order valence-electron chi connectivity index (χ0n) is 32.4. The van der Waals surface area contributed by atoms with Crippen molar-refractivity contribution in [3.05, 3.63) is 69.6 Å². The van der Waals surface area contributed by atoms with Crippen molar-refractivity contribution in [2.75, 3.05) is 33.5 Å². The second kappa shape index (κ2) is 17.4. The van der Waals surface area contributed by atoms with E-state index in [0.717, 1.165) is 42.2 Å². The number of aromatic nitrogens is 1. The number of hydrogen-bond donors (Lipinski definition) is 2. The van der Waals surface area contributed by atoms with E-state index in [-0.39, 0.29) is 30.6 Å². The minimum atomic E-state index is -1.49. The summed E-state index contributed by atoms with van der Waals surface area (Å²) in [5.74, 6) is -1.39. The van der Waals surface area contributed by atoms with E-state index in [9.17, 15) is 19.5 Å². The van der Waals surface area contributed by atoms with Crippen LogP contribution >= 0.6 is 0 Å². The number of nitrogens with one attached hydrogen (secondary N) is 1. The molecular formula is C41H56N2O10. The predicted octanol–water partition coefficient (Wildman–Crippen LogP) is 5.50. The molecule has 1 aromatic heterocycles. The molecule has 53 heavy (non-hydrogen) atoms. The Kier molecular flexibility index (Phi) is 13.2. The highest BCUT2D eigenvalue weighted by Crippen LogP contribution is 2.40. The van der Waals surface area contributed by atoms with Crippen molar-refractivity contribution in [1.29, 1.82) is 0 Å². The molecule has 1 unspecified atom stereocenters. The molecule has 2 saturated heterocycles. The topological polar surface area (TPSA) is 155 Å². The number of rotatable bonds is 10. The van der Waals surface area contributed by atoms with Gasteiger partial charge in [0, 0.05) is 37.5 Å². The van der Waals surface area contributed by atoms with Crippen LogP contribution in [0.2, 0.25) is 0 Å². The number of aromatic amines is 1. The van der Waals surface area contributed by atoms with Crippen LogP contribution in [0, 0.1) is 17.3 Å². The molecule has 2 N–H and O–H groups in total. The lowest BCUT2D eigenvalue weighted by Crippen LogP contribution is -2.43. The third-order valence-electron chi connectivity index (χ3n) is 10.3. The number of ether oxygens (including phenoxy) is 6. The van der Waals surface area contributed by atoms with Crippen LogP contribution in [0.4, 0.5) is 0 Å². The van der Waals surface area contributed by atoms with Gasteiger partial charge in [-0.2, -0.15) is 0 Å². The van der Waals surface area contributed by atoms with E-state index >= 15 is 0 Å². The lowest BCUT2D eigenvalue weighted by molar-refractivity contribution is -0.153. The Balaban J connectivity index is 1.54. The summed E-state index contributed by atoms with van der Waals surface area (Å²) >= 11 is 0. The van der Waals surface area contributed by atoms with Crippen LogP contribution in [0.25, 0.3) is 0 Å². The lowest BCUT2D eigenvalue weighted by Gasteiger charge is -2.27. The van der Waals surface area contributed by atoms with Gasteiger partial charge in [-0.3, -0.25) is 4.79 Å². The SMILES string of the molecule is COCCC/C(C)=C1\CO[C@@H](CC(C)C)\C1=C/[C@H]1N=C2OC1COC(=O)/C(CC(C)C)=C/C(=O)O[C@H]1[C@@H](OC(=O)[C@@]1(C)CO)/C(C)=C/Cc1ccc2[nH]1.